The number of hydrogen-bond donors (Lipinski definition) is 1. The summed E-state index contributed by atoms with van der Waals surface area (Å²) in [6, 6.07) is 0. The summed E-state index contributed by atoms with van der Waals surface area (Å²) in [5.74, 6) is 0. The number of likely N-dealkylation sites (N-methyl/N-ethyl adjacent to an activating group) is 1. The van der Waals surface area contributed by atoms with E-state index in [0.717, 1.165) is 13.0 Å². The second-order valence-electron chi connectivity index (χ2n) is 3.47. The third kappa shape index (κ3) is 3.54. The van der Waals surface area contributed by atoms with Crippen LogP contribution in [0.15, 0.2) is 12.7 Å². The van der Waals surface area contributed by atoms with Gasteiger partial charge in [0.25, 0.3) is 0 Å². The van der Waals surface area contributed by atoms with E-state index in [1.807, 2.05) is 27.0 Å². The molecule has 0 saturated carbocycles. The summed E-state index contributed by atoms with van der Waals surface area (Å²) in [5.41, 5.74) is -0.108. The van der Waals surface area contributed by atoms with Gasteiger partial charge in [0.2, 0.25) is 0 Å². The Balaban J connectivity index is 3.80. The minimum atomic E-state index is -0.108. The van der Waals surface area contributed by atoms with Crippen molar-refractivity contribution in [3.05, 3.63) is 12.7 Å². The first-order valence-corrected chi connectivity index (χ1v) is 3.97. The largest absolute Gasteiger partial charge is 0.394 e. The van der Waals surface area contributed by atoms with Crippen LogP contribution in [-0.4, -0.2) is 35.7 Å². The standard InChI is InChI=1S/C9H19NO/c1-5-6-7-10(4)9(2,3)8-11/h5,11H,1,6-8H2,2-4H3. The van der Waals surface area contributed by atoms with Crippen molar-refractivity contribution in [1.82, 2.24) is 4.90 Å². The Bertz CT molecular complexity index is 121. The molecule has 0 aromatic carbocycles. The van der Waals surface area contributed by atoms with Crippen molar-refractivity contribution in [2.24, 2.45) is 0 Å². The SMILES string of the molecule is C=CCCN(C)C(C)(C)CO. The molecule has 2 nitrogen and oxygen atoms in total. The zero-order chi connectivity index (χ0) is 8.91. The van der Waals surface area contributed by atoms with Crippen LogP contribution in [0.25, 0.3) is 0 Å². The number of aliphatic hydroxyl groups excluding tert-OH is 1. The zero-order valence-corrected chi connectivity index (χ0v) is 7.80. The molecule has 66 valence electrons. The van der Waals surface area contributed by atoms with Gasteiger partial charge in [-0.3, -0.25) is 4.90 Å². The molecule has 0 spiro atoms. The fourth-order valence-corrected chi connectivity index (χ4v) is 0.708. The summed E-state index contributed by atoms with van der Waals surface area (Å²) in [6.45, 7) is 8.85. The number of nitrogens with zero attached hydrogens (tertiary/aromatic N) is 1. The molecule has 1 N–H and O–H groups in total. The number of rotatable bonds is 5. The van der Waals surface area contributed by atoms with E-state index >= 15 is 0 Å². The second-order valence-corrected chi connectivity index (χ2v) is 3.47. The average Bonchev–Trinajstić information content (AvgIpc) is 2.00. The molecular formula is C9H19NO. The van der Waals surface area contributed by atoms with E-state index in [0.29, 0.717) is 0 Å². The maximum Gasteiger partial charge on any atom is 0.0609 e. The molecule has 0 radical (unpaired) electrons. The van der Waals surface area contributed by atoms with Crippen LogP contribution in [0.2, 0.25) is 0 Å². The van der Waals surface area contributed by atoms with Crippen LogP contribution in [-0.2, 0) is 0 Å². The molecule has 0 fully saturated rings. The normalized spacial score (nSPS) is 12.1. The molecule has 0 aliphatic heterocycles. The molecule has 0 heterocycles. The topological polar surface area (TPSA) is 23.5 Å². The molecule has 11 heavy (non-hydrogen) atoms. The first-order valence-electron chi connectivity index (χ1n) is 3.97. The average molecular weight is 157 g/mol. The first-order chi connectivity index (χ1) is 5.04. The van der Waals surface area contributed by atoms with Crippen molar-refractivity contribution in [3.63, 3.8) is 0 Å². The van der Waals surface area contributed by atoms with E-state index in [9.17, 15) is 0 Å². The van der Waals surface area contributed by atoms with Gasteiger partial charge in [-0.1, -0.05) is 6.08 Å². The molecular weight excluding hydrogens is 138 g/mol. The summed E-state index contributed by atoms with van der Waals surface area (Å²) < 4.78 is 0. The summed E-state index contributed by atoms with van der Waals surface area (Å²) in [5, 5.41) is 9.00. The van der Waals surface area contributed by atoms with Crippen molar-refractivity contribution in [2.75, 3.05) is 20.2 Å². The molecule has 0 saturated heterocycles. The lowest BCUT2D eigenvalue weighted by molar-refractivity contribution is 0.0806. The maximum absolute atomic E-state index is 9.00. The monoisotopic (exact) mass is 157 g/mol. The highest BCUT2D eigenvalue weighted by Crippen LogP contribution is 2.10. The van der Waals surface area contributed by atoms with Crippen LogP contribution in [0.3, 0.4) is 0 Å². The van der Waals surface area contributed by atoms with E-state index in [-0.39, 0.29) is 12.1 Å². The summed E-state index contributed by atoms with van der Waals surface area (Å²) >= 11 is 0. The molecule has 0 bridgehead atoms. The molecule has 0 amide bonds. The van der Waals surface area contributed by atoms with Crippen LogP contribution in [0, 0.1) is 0 Å². The van der Waals surface area contributed by atoms with Gasteiger partial charge in [-0.25, -0.2) is 0 Å². The quantitative estimate of drug-likeness (QED) is 0.607. The van der Waals surface area contributed by atoms with Gasteiger partial charge in [0.1, 0.15) is 0 Å². The summed E-state index contributed by atoms with van der Waals surface area (Å²) in [6.07, 6.45) is 2.86. The van der Waals surface area contributed by atoms with Crippen molar-refractivity contribution in [2.45, 2.75) is 25.8 Å². The summed E-state index contributed by atoms with van der Waals surface area (Å²) in [7, 11) is 2.01. The van der Waals surface area contributed by atoms with Crippen LogP contribution < -0.4 is 0 Å². The molecule has 0 aromatic heterocycles. The Labute approximate surface area is 69.5 Å². The molecule has 2 heteroatoms. The van der Waals surface area contributed by atoms with Crippen LogP contribution in [0.4, 0.5) is 0 Å². The Morgan fingerprint density at radius 1 is 1.55 bits per heavy atom. The molecule has 0 aliphatic rings. The van der Waals surface area contributed by atoms with Crippen molar-refractivity contribution < 1.29 is 5.11 Å². The van der Waals surface area contributed by atoms with Gasteiger partial charge in [0.05, 0.1) is 6.61 Å². The highest BCUT2D eigenvalue weighted by atomic mass is 16.3. The summed E-state index contributed by atoms with van der Waals surface area (Å²) in [4.78, 5) is 2.13. The molecule has 0 aliphatic carbocycles. The highest BCUT2D eigenvalue weighted by Gasteiger charge is 2.20. The van der Waals surface area contributed by atoms with E-state index in [1.54, 1.807) is 0 Å². The Hall–Kier alpha value is -0.340. The van der Waals surface area contributed by atoms with E-state index < -0.39 is 0 Å². The smallest absolute Gasteiger partial charge is 0.0609 e. The van der Waals surface area contributed by atoms with E-state index in [4.69, 9.17) is 5.11 Å². The molecule has 0 atom stereocenters. The Kier molecular flexibility index (Phi) is 4.38. The van der Waals surface area contributed by atoms with Gasteiger partial charge >= 0.3 is 0 Å². The van der Waals surface area contributed by atoms with E-state index in [1.165, 1.54) is 0 Å². The molecule has 0 rings (SSSR count). The van der Waals surface area contributed by atoms with Crippen LogP contribution in [0.5, 0.6) is 0 Å². The predicted molar refractivity (Wildman–Crippen MR) is 48.6 cm³/mol. The van der Waals surface area contributed by atoms with Gasteiger partial charge in [0.15, 0.2) is 0 Å². The fourth-order valence-electron chi connectivity index (χ4n) is 0.708. The first kappa shape index (κ1) is 10.7. The zero-order valence-electron chi connectivity index (χ0n) is 7.80. The minimum Gasteiger partial charge on any atom is -0.394 e. The highest BCUT2D eigenvalue weighted by molar-refractivity contribution is 4.80. The Morgan fingerprint density at radius 2 is 2.09 bits per heavy atom. The Morgan fingerprint density at radius 3 is 2.45 bits per heavy atom. The van der Waals surface area contributed by atoms with Gasteiger partial charge < -0.3 is 5.11 Å². The van der Waals surface area contributed by atoms with Crippen molar-refractivity contribution in [3.8, 4) is 0 Å². The van der Waals surface area contributed by atoms with Crippen molar-refractivity contribution in [1.29, 1.82) is 0 Å². The molecule has 0 unspecified atom stereocenters. The maximum atomic E-state index is 9.00. The third-order valence-corrected chi connectivity index (χ3v) is 2.09. The van der Waals surface area contributed by atoms with Crippen LogP contribution >= 0.6 is 0 Å². The number of hydrogen-bond acceptors (Lipinski definition) is 2. The lowest BCUT2D eigenvalue weighted by Gasteiger charge is -2.33. The van der Waals surface area contributed by atoms with Gasteiger partial charge in [0, 0.05) is 12.1 Å². The lowest BCUT2D eigenvalue weighted by atomic mass is 10.1. The van der Waals surface area contributed by atoms with Gasteiger partial charge in [-0.2, -0.15) is 0 Å². The van der Waals surface area contributed by atoms with Crippen LogP contribution in [0.1, 0.15) is 20.3 Å². The van der Waals surface area contributed by atoms with Crippen molar-refractivity contribution >= 4 is 0 Å². The molecule has 0 aromatic rings. The third-order valence-electron chi connectivity index (χ3n) is 2.09. The lowest BCUT2D eigenvalue weighted by Crippen LogP contribution is -2.44. The van der Waals surface area contributed by atoms with Gasteiger partial charge in [-0.15, -0.1) is 6.58 Å². The fraction of sp³-hybridized carbons (Fsp3) is 0.778. The van der Waals surface area contributed by atoms with E-state index in [2.05, 4.69) is 11.5 Å². The van der Waals surface area contributed by atoms with Gasteiger partial charge in [-0.05, 0) is 27.3 Å². The minimum absolute atomic E-state index is 0.108. The predicted octanol–water partition coefficient (Wildman–Crippen LogP) is 1.27. The second kappa shape index (κ2) is 4.52. The number of aliphatic hydroxyl groups is 1.